The summed E-state index contributed by atoms with van der Waals surface area (Å²) in [6.07, 6.45) is 7.96. The monoisotopic (exact) mass is 167 g/mol. The van der Waals surface area contributed by atoms with Crippen LogP contribution in [-0.2, 0) is 4.74 Å². The van der Waals surface area contributed by atoms with Crippen molar-refractivity contribution < 1.29 is 4.74 Å². The van der Waals surface area contributed by atoms with Crippen molar-refractivity contribution in [1.82, 2.24) is 5.32 Å². The van der Waals surface area contributed by atoms with E-state index in [4.69, 9.17) is 4.74 Å². The third kappa shape index (κ3) is 1.27. The van der Waals surface area contributed by atoms with Crippen LogP contribution in [-0.4, -0.2) is 24.8 Å². The molecule has 1 aliphatic carbocycles. The van der Waals surface area contributed by atoms with Crippen LogP contribution in [0.5, 0.6) is 0 Å². The fraction of sp³-hybridized carbons (Fsp3) is 1.00. The second kappa shape index (κ2) is 2.71. The lowest BCUT2D eigenvalue weighted by atomic mass is 9.95. The largest absolute Gasteiger partial charge is 0.373 e. The number of rotatable bonds is 3. The van der Waals surface area contributed by atoms with E-state index in [0.717, 1.165) is 5.92 Å². The summed E-state index contributed by atoms with van der Waals surface area (Å²) in [6.45, 7) is 1.25. The van der Waals surface area contributed by atoms with Crippen molar-refractivity contribution in [2.24, 2.45) is 5.92 Å². The van der Waals surface area contributed by atoms with Gasteiger partial charge in [-0.05, 0) is 44.6 Å². The van der Waals surface area contributed by atoms with Crippen LogP contribution in [0.2, 0.25) is 0 Å². The molecule has 2 heterocycles. The van der Waals surface area contributed by atoms with Gasteiger partial charge in [0.05, 0.1) is 12.2 Å². The smallest absolute Gasteiger partial charge is 0.0733 e. The zero-order chi connectivity index (χ0) is 7.97. The zero-order valence-electron chi connectivity index (χ0n) is 7.46. The highest BCUT2D eigenvalue weighted by Gasteiger charge is 2.40. The van der Waals surface area contributed by atoms with Crippen molar-refractivity contribution in [3.05, 3.63) is 0 Å². The standard InChI is InChI=1S/C10H17NO/c1-2-7(1)6-11-9-5-8-3-4-10(9)12-8/h7-11H,1-6H2. The lowest BCUT2D eigenvalue weighted by Crippen LogP contribution is -2.38. The number of nitrogens with one attached hydrogen (secondary N) is 1. The highest BCUT2D eigenvalue weighted by Crippen LogP contribution is 2.35. The Balaban J connectivity index is 1.50. The van der Waals surface area contributed by atoms with E-state index in [9.17, 15) is 0 Å². The normalized spacial score (nSPS) is 45.5. The first-order valence-corrected chi connectivity index (χ1v) is 5.30. The molecule has 2 aliphatic heterocycles. The minimum atomic E-state index is 0.564. The second-order valence-electron chi connectivity index (χ2n) is 4.57. The Hall–Kier alpha value is -0.0800. The van der Waals surface area contributed by atoms with Gasteiger partial charge in [0.1, 0.15) is 0 Å². The van der Waals surface area contributed by atoms with E-state index in [1.165, 1.54) is 38.6 Å². The average molecular weight is 167 g/mol. The van der Waals surface area contributed by atoms with Gasteiger partial charge in [0, 0.05) is 6.04 Å². The van der Waals surface area contributed by atoms with E-state index in [1.807, 2.05) is 0 Å². The average Bonchev–Trinajstić information content (AvgIpc) is 2.69. The fourth-order valence-electron chi connectivity index (χ4n) is 2.49. The minimum absolute atomic E-state index is 0.564. The molecule has 3 aliphatic rings. The summed E-state index contributed by atoms with van der Waals surface area (Å²) in [5.74, 6) is 1.00. The number of hydrogen-bond donors (Lipinski definition) is 1. The van der Waals surface area contributed by atoms with Crippen molar-refractivity contribution in [1.29, 1.82) is 0 Å². The van der Waals surface area contributed by atoms with E-state index < -0.39 is 0 Å². The Morgan fingerprint density at radius 2 is 2.08 bits per heavy atom. The Morgan fingerprint density at radius 1 is 1.17 bits per heavy atom. The summed E-state index contributed by atoms with van der Waals surface area (Å²) in [5, 5.41) is 3.65. The molecule has 2 saturated heterocycles. The topological polar surface area (TPSA) is 21.3 Å². The Labute approximate surface area is 73.7 Å². The summed E-state index contributed by atoms with van der Waals surface area (Å²) >= 11 is 0. The zero-order valence-corrected chi connectivity index (χ0v) is 7.46. The molecule has 3 fully saturated rings. The summed E-state index contributed by atoms with van der Waals surface area (Å²) in [6, 6.07) is 0.698. The van der Waals surface area contributed by atoms with Crippen molar-refractivity contribution in [3.8, 4) is 0 Å². The highest BCUT2D eigenvalue weighted by atomic mass is 16.5. The second-order valence-corrected chi connectivity index (χ2v) is 4.57. The van der Waals surface area contributed by atoms with Gasteiger partial charge in [0.15, 0.2) is 0 Å². The minimum Gasteiger partial charge on any atom is -0.373 e. The summed E-state index contributed by atoms with van der Waals surface area (Å²) in [4.78, 5) is 0. The molecule has 0 aromatic heterocycles. The molecular weight excluding hydrogens is 150 g/mol. The van der Waals surface area contributed by atoms with Gasteiger partial charge in [0.25, 0.3) is 0 Å². The van der Waals surface area contributed by atoms with Crippen LogP contribution in [0.25, 0.3) is 0 Å². The Morgan fingerprint density at radius 3 is 2.67 bits per heavy atom. The van der Waals surface area contributed by atoms with Gasteiger partial charge >= 0.3 is 0 Å². The first-order valence-electron chi connectivity index (χ1n) is 5.30. The molecule has 0 spiro atoms. The van der Waals surface area contributed by atoms with Gasteiger partial charge in [-0.1, -0.05) is 0 Å². The van der Waals surface area contributed by atoms with Crippen molar-refractivity contribution in [2.45, 2.75) is 50.4 Å². The quantitative estimate of drug-likeness (QED) is 0.684. The molecule has 0 aromatic carbocycles. The summed E-state index contributed by atoms with van der Waals surface area (Å²) < 4.78 is 5.78. The highest BCUT2D eigenvalue weighted by molar-refractivity contribution is 4.94. The fourth-order valence-corrected chi connectivity index (χ4v) is 2.49. The van der Waals surface area contributed by atoms with E-state index in [-0.39, 0.29) is 0 Å². The van der Waals surface area contributed by atoms with E-state index in [1.54, 1.807) is 0 Å². The molecule has 3 rings (SSSR count). The Kier molecular flexibility index (Phi) is 1.66. The SMILES string of the molecule is C1CC1CNC1CC2CCC1O2. The Bertz CT molecular complexity index is 179. The molecule has 12 heavy (non-hydrogen) atoms. The molecule has 0 amide bonds. The van der Waals surface area contributed by atoms with Gasteiger partial charge < -0.3 is 10.1 Å². The van der Waals surface area contributed by atoms with Crippen LogP contribution in [0.15, 0.2) is 0 Å². The van der Waals surface area contributed by atoms with Crippen LogP contribution in [0.3, 0.4) is 0 Å². The molecule has 2 bridgehead atoms. The van der Waals surface area contributed by atoms with E-state index in [2.05, 4.69) is 5.32 Å². The molecule has 1 N–H and O–H groups in total. The van der Waals surface area contributed by atoms with Gasteiger partial charge in [-0.3, -0.25) is 0 Å². The maximum atomic E-state index is 5.78. The number of ether oxygens (including phenoxy) is 1. The lowest BCUT2D eigenvalue weighted by Gasteiger charge is -2.19. The summed E-state index contributed by atoms with van der Waals surface area (Å²) in [5.41, 5.74) is 0. The number of fused-ring (bicyclic) bond motifs is 2. The molecule has 1 saturated carbocycles. The molecule has 3 atom stereocenters. The van der Waals surface area contributed by atoms with Crippen LogP contribution >= 0.6 is 0 Å². The van der Waals surface area contributed by atoms with Crippen LogP contribution in [0, 0.1) is 5.92 Å². The van der Waals surface area contributed by atoms with E-state index in [0.29, 0.717) is 18.2 Å². The van der Waals surface area contributed by atoms with Crippen molar-refractivity contribution >= 4 is 0 Å². The number of hydrogen-bond acceptors (Lipinski definition) is 2. The first-order chi connectivity index (χ1) is 5.92. The summed E-state index contributed by atoms with van der Waals surface area (Å²) in [7, 11) is 0. The van der Waals surface area contributed by atoms with E-state index >= 15 is 0 Å². The first kappa shape index (κ1) is 7.34. The van der Waals surface area contributed by atoms with Crippen molar-refractivity contribution in [2.75, 3.05) is 6.54 Å². The maximum absolute atomic E-state index is 5.78. The van der Waals surface area contributed by atoms with Crippen molar-refractivity contribution in [3.63, 3.8) is 0 Å². The molecule has 0 radical (unpaired) electrons. The lowest BCUT2D eigenvalue weighted by molar-refractivity contribution is 0.0973. The predicted octanol–water partition coefficient (Wildman–Crippen LogP) is 1.31. The molecule has 68 valence electrons. The molecule has 2 nitrogen and oxygen atoms in total. The molecular formula is C10H17NO. The van der Waals surface area contributed by atoms with Gasteiger partial charge in [-0.25, -0.2) is 0 Å². The third-order valence-electron chi connectivity index (χ3n) is 3.47. The van der Waals surface area contributed by atoms with Gasteiger partial charge in [-0.2, -0.15) is 0 Å². The molecule has 3 unspecified atom stereocenters. The van der Waals surface area contributed by atoms with Gasteiger partial charge in [0.2, 0.25) is 0 Å². The molecule has 2 heteroatoms. The van der Waals surface area contributed by atoms with Crippen LogP contribution in [0.1, 0.15) is 32.1 Å². The maximum Gasteiger partial charge on any atom is 0.0733 e. The predicted molar refractivity (Wildman–Crippen MR) is 47.0 cm³/mol. The van der Waals surface area contributed by atoms with Gasteiger partial charge in [-0.15, -0.1) is 0 Å². The van der Waals surface area contributed by atoms with Crippen LogP contribution in [0.4, 0.5) is 0 Å². The van der Waals surface area contributed by atoms with Crippen LogP contribution < -0.4 is 5.32 Å². The molecule has 0 aromatic rings. The third-order valence-corrected chi connectivity index (χ3v) is 3.47.